The minimum absolute atomic E-state index is 0.0223. The number of aromatic hydroxyl groups is 1. The fourth-order valence-electron chi connectivity index (χ4n) is 3.23. The summed E-state index contributed by atoms with van der Waals surface area (Å²) in [5.41, 5.74) is 1.81. The second kappa shape index (κ2) is 5.79. The maximum Gasteiger partial charge on any atom is 0.225 e. The van der Waals surface area contributed by atoms with Crippen LogP contribution in [0.4, 0.5) is 5.82 Å². The summed E-state index contributed by atoms with van der Waals surface area (Å²) in [6, 6.07) is 7.53. The summed E-state index contributed by atoms with van der Waals surface area (Å²) in [6.07, 6.45) is 3.69. The number of amides is 1. The number of rotatable bonds is 4. The van der Waals surface area contributed by atoms with Gasteiger partial charge in [-0.3, -0.25) is 4.79 Å². The van der Waals surface area contributed by atoms with E-state index in [1.165, 1.54) is 0 Å². The fraction of sp³-hybridized carbons (Fsp3) is 0.333. The molecule has 1 aromatic carbocycles. The van der Waals surface area contributed by atoms with E-state index in [0.29, 0.717) is 47.9 Å². The maximum absolute atomic E-state index is 11.5. The third kappa shape index (κ3) is 2.69. The molecule has 2 aliphatic rings. The van der Waals surface area contributed by atoms with E-state index in [0.717, 1.165) is 17.5 Å². The van der Waals surface area contributed by atoms with E-state index in [9.17, 15) is 9.90 Å². The molecule has 1 saturated carbocycles. The molecule has 2 atom stereocenters. The average Bonchev–Trinajstić information content (AvgIpc) is 3.36. The number of ether oxygens (including phenoxy) is 1. The SMILES string of the molecule is CNC1C[C@@H]1c1cc(Oc2ccnc3c2CCC(=O)N3)ccc1O. The van der Waals surface area contributed by atoms with Crippen LogP contribution < -0.4 is 15.4 Å². The van der Waals surface area contributed by atoms with Crippen molar-refractivity contribution in [2.45, 2.75) is 31.2 Å². The molecule has 1 fully saturated rings. The Hall–Kier alpha value is -2.60. The van der Waals surface area contributed by atoms with Crippen LogP contribution in [0.3, 0.4) is 0 Å². The Bertz CT molecular complexity index is 806. The lowest BCUT2D eigenvalue weighted by Gasteiger charge is -2.19. The van der Waals surface area contributed by atoms with Crippen molar-refractivity contribution in [3.63, 3.8) is 0 Å². The molecule has 2 aromatic rings. The van der Waals surface area contributed by atoms with Gasteiger partial charge in [0.15, 0.2) is 0 Å². The van der Waals surface area contributed by atoms with E-state index in [4.69, 9.17) is 4.74 Å². The van der Waals surface area contributed by atoms with Crippen molar-refractivity contribution in [2.75, 3.05) is 12.4 Å². The monoisotopic (exact) mass is 325 g/mol. The van der Waals surface area contributed by atoms with Crippen molar-refractivity contribution in [1.29, 1.82) is 0 Å². The Morgan fingerprint density at radius 2 is 2.21 bits per heavy atom. The zero-order valence-corrected chi connectivity index (χ0v) is 13.4. The second-order valence-electron chi connectivity index (χ2n) is 6.24. The molecule has 6 heteroatoms. The number of fused-ring (bicyclic) bond motifs is 1. The lowest BCUT2D eigenvalue weighted by atomic mass is 10.1. The van der Waals surface area contributed by atoms with E-state index >= 15 is 0 Å². The summed E-state index contributed by atoms with van der Waals surface area (Å²) >= 11 is 0. The van der Waals surface area contributed by atoms with Crippen LogP contribution in [0.15, 0.2) is 30.5 Å². The molecule has 0 spiro atoms. The zero-order valence-electron chi connectivity index (χ0n) is 13.4. The fourth-order valence-corrected chi connectivity index (χ4v) is 3.23. The summed E-state index contributed by atoms with van der Waals surface area (Å²) < 4.78 is 6.03. The second-order valence-corrected chi connectivity index (χ2v) is 6.24. The van der Waals surface area contributed by atoms with Gasteiger partial charge in [0.2, 0.25) is 5.91 Å². The molecule has 1 aromatic heterocycles. The third-order valence-corrected chi connectivity index (χ3v) is 4.66. The van der Waals surface area contributed by atoms with Crippen molar-refractivity contribution in [1.82, 2.24) is 10.3 Å². The normalized spacial score (nSPS) is 21.8. The molecule has 0 bridgehead atoms. The predicted octanol–water partition coefficient (Wildman–Crippen LogP) is 2.54. The summed E-state index contributed by atoms with van der Waals surface area (Å²) in [6.45, 7) is 0. The predicted molar refractivity (Wildman–Crippen MR) is 89.6 cm³/mol. The van der Waals surface area contributed by atoms with Gasteiger partial charge in [0.05, 0.1) is 0 Å². The van der Waals surface area contributed by atoms with Gasteiger partial charge in [-0.25, -0.2) is 4.98 Å². The van der Waals surface area contributed by atoms with Gasteiger partial charge in [-0.2, -0.15) is 0 Å². The molecule has 1 unspecified atom stereocenters. The first kappa shape index (κ1) is 15.0. The van der Waals surface area contributed by atoms with Crippen LogP contribution in [0.25, 0.3) is 0 Å². The van der Waals surface area contributed by atoms with Crippen molar-refractivity contribution >= 4 is 11.7 Å². The lowest BCUT2D eigenvalue weighted by molar-refractivity contribution is -0.116. The first-order valence-electron chi connectivity index (χ1n) is 8.11. The molecule has 2 heterocycles. The van der Waals surface area contributed by atoms with Crippen molar-refractivity contribution in [3.05, 3.63) is 41.6 Å². The van der Waals surface area contributed by atoms with Crippen LogP contribution in [0.5, 0.6) is 17.2 Å². The number of carbonyl (C=O) groups is 1. The van der Waals surface area contributed by atoms with Gasteiger partial charge in [0.25, 0.3) is 0 Å². The number of carbonyl (C=O) groups excluding carboxylic acids is 1. The zero-order chi connectivity index (χ0) is 16.7. The number of phenolic OH excluding ortho intramolecular Hbond substituents is 1. The Kier molecular flexibility index (Phi) is 3.61. The van der Waals surface area contributed by atoms with E-state index in [2.05, 4.69) is 15.6 Å². The van der Waals surface area contributed by atoms with Crippen LogP contribution in [-0.2, 0) is 11.2 Å². The molecule has 1 aliphatic heterocycles. The number of aromatic nitrogens is 1. The molecule has 124 valence electrons. The Balaban J connectivity index is 1.61. The van der Waals surface area contributed by atoms with Crippen LogP contribution in [0.2, 0.25) is 0 Å². The number of hydrogen-bond acceptors (Lipinski definition) is 5. The van der Waals surface area contributed by atoms with Crippen LogP contribution in [0.1, 0.15) is 29.9 Å². The molecule has 4 rings (SSSR count). The van der Waals surface area contributed by atoms with Gasteiger partial charge in [-0.1, -0.05) is 0 Å². The molecule has 0 saturated heterocycles. The molecular weight excluding hydrogens is 306 g/mol. The molecule has 1 amide bonds. The first-order chi connectivity index (χ1) is 11.7. The highest BCUT2D eigenvalue weighted by molar-refractivity contribution is 5.93. The molecule has 3 N–H and O–H groups in total. The summed E-state index contributed by atoms with van der Waals surface area (Å²) in [7, 11) is 1.93. The highest BCUT2D eigenvalue weighted by atomic mass is 16.5. The van der Waals surface area contributed by atoms with E-state index in [1.807, 2.05) is 13.1 Å². The van der Waals surface area contributed by atoms with E-state index < -0.39 is 0 Å². The van der Waals surface area contributed by atoms with Gasteiger partial charge < -0.3 is 20.5 Å². The largest absolute Gasteiger partial charge is 0.508 e. The van der Waals surface area contributed by atoms with Crippen LogP contribution in [0, 0.1) is 0 Å². The number of phenols is 1. The van der Waals surface area contributed by atoms with Crippen LogP contribution >= 0.6 is 0 Å². The van der Waals surface area contributed by atoms with Gasteiger partial charge >= 0.3 is 0 Å². The number of hydrogen-bond donors (Lipinski definition) is 3. The van der Waals surface area contributed by atoms with Gasteiger partial charge in [-0.05, 0) is 44.2 Å². The van der Waals surface area contributed by atoms with E-state index in [1.54, 1.807) is 24.4 Å². The maximum atomic E-state index is 11.5. The highest BCUT2D eigenvalue weighted by Gasteiger charge is 2.38. The Morgan fingerprint density at radius 1 is 1.33 bits per heavy atom. The molecule has 1 aliphatic carbocycles. The standard InChI is InChI=1S/C18H19N3O3/c1-19-14-9-12(14)13-8-10(2-4-15(13)22)24-16-6-7-20-18-11(16)3-5-17(23)21-18/h2,4,6-8,12,14,19,22H,3,5,9H2,1H3,(H,20,21,23)/t12-,14?/m1/s1. The smallest absolute Gasteiger partial charge is 0.225 e. The number of anilines is 1. The minimum Gasteiger partial charge on any atom is -0.508 e. The Labute approximate surface area is 139 Å². The minimum atomic E-state index is -0.0223. The number of pyridine rings is 1. The highest BCUT2D eigenvalue weighted by Crippen LogP contribution is 2.46. The molecular formula is C18H19N3O3. The molecule has 6 nitrogen and oxygen atoms in total. The first-order valence-corrected chi connectivity index (χ1v) is 8.11. The topological polar surface area (TPSA) is 83.5 Å². The summed E-state index contributed by atoms with van der Waals surface area (Å²) in [5.74, 6) is 2.54. The number of likely N-dealkylation sites (N-methyl/N-ethyl adjacent to an activating group) is 1. The van der Waals surface area contributed by atoms with Gasteiger partial charge in [-0.15, -0.1) is 0 Å². The summed E-state index contributed by atoms with van der Waals surface area (Å²) in [5, 5.41) is 16.1. The lowest BCUT2D eigenvalue weighted by Crippen LogP contribution is -2.20. The number of benzene rings is 1. The van der Waals surface area contributed by atoms with Crippen molar-refractivity contribution in [2.24, 2.45) is 0 Å². The third-order valence-electron chi connectivity index (χ3n) is 4.66. The van der Waals surface area contributed by atoms with Gasteiger partial charge in [0.1, 0.15) is 23.1 Å². The number of nitrogens with one attached hydrogen (secondary N) is 2. The van der Waals surface area contributed by atoms with Crippen molar-refractivity contribution in [3.8, 4) is 17.2 Å². The quantitative estimate of drug-likeness (QED) is 0.804. The molecule has 24 heavy (non-hydrogen) atoms. The molecule has 0 radical (unpaired) electrons. The van der Waals surface area contributed by atoms with Gasteiger partial charge in [0, 0.05) is 35.7 Å². The van der Waals surface area contributed by atoms with Crippen LogP contribution in [-0.4, -0.2) is 29.1 Å². The summed E-state index contributed by atoms with van der Waals surface area (Å²) in [4.78, 5) is 15.7. The number of nitrogens with zero attached hydrogens (tertiary/aromatic N) is 1. The Morgan fingerprint density at radius 3 is 3.00 bits per heavy atom. The average molecular weight is 325 g/mol. The van der Waals surface area contributed by atoms with E-state index in [-0.39, 0.29) is 5.91 Å². The van der Waals surface area contributed by atoms with Crippen molar-refractivity contribution < 1.29 is 14.6 Å².